The lowest BCUT2D eigenvalue weighted by Crippen LogP contribution is -2.08. The van der Waals surface area contributed by atoms with Gasteiger partial charge in [0.05, 0.1) is 5.56 Å². The molecule has 1 aromatic rings. The van der Waals surface area contributed by atoms with Gasteiger partial charge in [0.25, 0.3) is 0 Å². The molecule has 6 heteroatoms. The molecule has 1 aliphatic heterocycles. The third-order valence-corrected chi connectivity index (χ3v) is 7.81. The van der Waals surface area contributed by atoms with Crippen molar-refractivity contribution in [2.24, 2.45) is 0 Å². The van der Waals surface area contributed by atoms with Crippen LogP contribution in [0, 0.1) is 5.82 Å². The van der Waals surface area contributed by atoms with E-state index in [1.54, 1.807) is 10.8 Å². The first kappa shape index (κ1) is 11.1. The van der Waals surface area contributed by atoms with Crippen LogP contribution in [0.3, 0.4) is 0 Å². The lowest BCUT2D eigenvalue weighted by molar-refractivity contribution is -0.140. The fraction of sp³-hybridized carbons (Fsp3) is 0.333. The van der Waals surface area contributed by atoms with E-state index in [0.717, 1.165) is 17.2 Å². The van der Waals surface area contributed by atoms with Gasteiger partial charge in [0.2, 0.25) is 0 Å². The van der Waals surface area contributed by atoms with E-state index in [-0.39, 0.29) is 0 Å². The second-order valence-corrected chi connectivity index (χ2v) is 9.95. The summed E-state index contributed by atoms with van der Waals surface area (Å²) in [6.07, 6.45) is -2.67. The molecule has 1 aromatic carbocycles. The van der Waals surface area contributed by atoms with Gasteiger partial charge in [-0.25, -0.2) is 4.39 Å². The van der Waals surface area contributed by atoms with E-state index in [9.17, 15) is 17.6 Å². The molecule has 0 nitrogen and oxygen atoms in total. The van der Waals surface area contributed by atoms with Crippen LogP contribution in [0.2, 0.25) is 0 Å². The van der Waals surface area contributed by atoms with Gasteiger partial charge < -0.3 is 0 Å². The van der Waals surface area contributed by atoms with Crippen molar-refractivity contribution in [1.29, 1.82) is 0 Å². The van der Waals surface area contributed by atoms with Crippen LogP contribution in [0.1, 0.15) is 5.56 Å². The molecule has 0 bridgehead atoms. The molecule has 0 N–H and O–H groups in total. The summed E-state index contributed by atoms with van der Waals surface area (Å²) in [5.74, 6) is -1.19. The third-order valence-electron chi connectivity index (χ3n) is 2.21. The number of hydrogen-bond donors (Lipinski definition) is 0. The molecule has 1 unspecified atom stereocenters. The number of hydrogen-bond acceptors (Lipinski definition) is 1. The second-order valence-electron chi connectivity index (χ2n) is 3.38. The monoisotopic (exact) mass is 256 g/mol. The molecule has 1 atom stereocenters. The minimum atomic E-state index is -4.60. The Morgan fingerprint density at radius 3 is 2.40 bits per heavy atom. The predicted molar refractivity (Wildman–Crippen MR) is 55.6 cm³/mol. The van der Waals surface area contributed by atoms with Crippen LogP contribution in [0.25, 0.3) is 0 Å². The van der Waals surface area contributed by atoms with E-state index in [4.69, 9.17) is 0 Å². The van der Waals surface area contributed by atoms with E-state index >= 15 is 0 Å². The van der Waals surface area contributed by atoms with Gasteiger partial charge in [-0.15, -0.1) is 0 Å². The molecule has 0 aromatic heterocycles. The number of halogens is 4. The van der Waals surface area contributed by atoms with Crippen LogP contribution in [-0.2, 0) is 6.18 Å². The zero-order valence-corrected chi connectivity index (χ0v) is 9.40. The lowest BCUT2D eigenvalue weighted by atomic mass is 10.2. The van der Waals surface area contributed by atoms with Crippen LogP contribution >= 0.6 is 19.9 Å². The summed E-state index contributed by atoms with van der Waals surface area (Å²) in [7, 11) is 0.540. The fourth-order valence-corrected chi connectivity index (χ4v) is 5.20. The van der Waals surface area contributed by atoms with E-state index < -0.39 is 26.6 Å². The quantitative estimate of drug-likeness (QED) is 0.411. The summed E-state index contributed by atoms with van der Waals surface area (Å²) >= 11 is 0. The Labute approximate surface area is 89.8 Å². The maximum Gasteiger partial charge on any atom is 0.419 e. The molecule has 0 saturated carbocycles. The van der Waals surface area contributed by atoms with Gasteiger partial charge in [0.15, 0.2) is 0 Å². The SMILES string of the molecule is CS1(c2ccc(F)c(C(F)(F)F)c2)CS1. The van der Waals surface area contributed by atoms with Gasteiger partial charge in [-0.05, 0) is 24.5 Å². The van der Waals surface area contributed by atoms with E-state index in [1.165, 1.54) is 6.07 Å². The maximum absolute atomic E-state index is 13.0. The smallest absolute Gasteiger partial charge is 0.206 e. The molecule has 1 saturated heterocycles. The van der Waals surface area contributed by atoms with Crippen molar-refractivity contribution in [2.45, 2.75) is 11.1 Å². The second kappa shape index (κ2) is 3.31. The topological polar surface area (TPSA) is 0 Å². The summed E-state index contributed by atoms with van der Waals surface area (Å²) in [5.41, 5.74) is -1.15. The molecule has 15 heavy (non-hydrogen) atoms. The minimum absolute atomic E-state index is 0.626. The summed E-state index contributed by atoms with van der Waals surface area (Å²) in [6.45, 7) is 0. The third kappa shape index (κ3) is 2.10. The first-order valence-electron chi connectivity index (χ1n) is 4.10. The Bertz CT molecular complexity index is 396. The van der Waals surface area contributed by atoms with Crippen molar-refractivity contribution in [2.75, 3.05) is 11.3 Å². The molecular formula is C9H8F4S2. The molecule has 1 heterocycles. The van der Waals surface area contributed by atoms with Gasteiger partial charge in [0.1, 0.15) is 5.82 Å². The van der Waals surface area contributed by atoms with E-state index in [1.807, 2.05) is 6.26 Å². The highest BCUT2D eigenvalue weighted by Gasteiger charge is 2.39. The Morgan fingerprint density at radius 2 is 1.93 bits per heavy atom. The van der Waals surface area contributed by atoms with Crippen LogP contribution < -0.4 is 0 Å². The Kier molecular flexibility index (Phi) is 2.46. The van der Waals surface area contributed by atoms with Crippen LogP contribution in [0.5, 0.6) is 0 Å². The highest BCUT2D eigenvalue weighted by atomic mass is 33.2. The zero-order chi connectivity index (χ0) is 11.3. The van der Waals surface area contributed by atoms with Gasteiger partial charge >= 0.3 is 6.18 Å². The maximum atomic E-state index is 13.0. The number of rotatable bonds is 1. The van der Waals surface area contributed by atoms with Crippen molar-refractivity contribution >= 4 is 19.9 Å². The molecule has 2 rings (SSSR count). The van der Waals surface area contributed by atoms with Crippen molar-refractivity contribution in [3.63, 3.8) is 0 Å². The van der Waals surface area contributed by atoms with Crippen molar-refractivity contribution < 1.29 is 17.6 Å². The van der Waals surface area contributed by atoms with Crippen molar-refractivity contribution in [1.82, 2.24) is 0 Å². The standard InChI is InChI=1S/C9H8F4S2/c1-15(5-14-15)6-2-3-8(10)7(4-6)9(11,12)13/h2-4H,5H2,1H3. The van der Waals surface area contributed by atoms with Crippen LogP contribution in [0.15, 0.2) is 23.1 Å². The van der Waals surface area contributed by atoms with Gasteiger partial charge in [-0.2, -0.15) is 22.2 Å². The highest BCUT2D eigenvalue weighted by molar-refractivity contribution is 9.08. The summed E-state index contributed by atoms with van der Waals surface area (Å²) in [4.78, 5) is 0.626. The average Bonchev–Trinajstić information content (AvgIpc) is 2.83. The van der Waals surface area contributed by atoms with Gasteiger partial charge in [-0.3, -0.25) is 0 Å². The molecule has 0 radical (unpaired) electrons. The Balaban J connectivity index is 2.46. The molecule has 0 aliphatic carbocycles. The number of benzene rings is 1. The molecule has 1 fully saturated rings. The lowest BCUT2D eigenvalue weighted by Gasteiger charge is -2.15. The molecule has 0 amide bonds. The van der Waals surface area contributed by atoms with Crippen molar-refractivity contribution in [3.8, 4) is 0 Å². The normalized spacial score (nSPS) is 29.7. The summed E-state index contributed by atoms with van der Waals surface area (Å²) < 4.78 is 50.2. The number of alkyl halides is 3. The first-order chi connectivity index (χ1) is 6.83. The molecular weight excluding hydrogens is 248 g/mol. The summed E-state index contributed by atoms with van der Waals surface area (Å²) in [6, 6.07) is 3.32. The Morgan fingerprint density at radius 1 is 1.33 bits per heavy atom. The molecule has 0 spiro atoms. The largest absolute Gasteiger partial charge is 0.419 e. The predicted octanol–water partition coefficient (Wildman–Crippen LogP) is 4.26. The van der Waals surface area contributed by atoms with Crippen LogP contribution in [0.4, 0.5) is 17.6 Å². The fourth-order valence-electron chi connectivity index (χ4n) is 1.20. The minimum Gasteiger partial charge on any atom is -0.206 e. The summed E-state index contributed by atoms with van der Waals surface area (Å²) in [5, 5.41) is 0.871. The highest BCUT2D eigenvalue weighted by Crippen LogP contribution is 2.80. The van der Waals surface area contributed by atoms with E-state index in [0.29, 0.717) is 4.90 Å². The first-order valence-corrected chi connectivity index (χ1v) is 7.81. The van der Waals surface area contributed by atoms with Gasteiger partial charge in [-0.1, -0.05) is 10.8 Å². The Hall–Kier alpha value is -0.360. The van der Waals surface area contributed by atoms with Crippen molar-refractivity contribution in [3.05, 3.63) is 29.6 Å². The van der Waals surface area contributed by atoms with E-state index in [2.05, 4.69) is 0 Å². The molecule has 1 aliphatic rings. The molecule has 84 valence electrons. The average molecular weight is 256 g/mol. The van der Waals surface area contributed by atoms with Gasteiger partial charge in [0, 0.05) is 9.98 Å². The zero-order valence-electron chi connectivity index (χ0n) is 7.77. The van der Waals surface area contributed by atoms with Crippen LogP contribution in [-0.4, -0.2) is 11.3 Å².